The molecule has 1 aromatic rings. The molecule has 1 heterocycles. The van der Waals surface area contributed by atoms with E-state index in [4.69, 9.17) is 5.73 Å². The fourth-order valence-corrected chi connectivity index (χ4v) is 2.88. The standard InChI is InChI=1S/C17H28N2/c1-14(2)16-8-6-15(7-9-16)12-17(18)13-19-10-4-3-5-11-19/h6-9,14,17H,3-5,10-13,18H2,1-2H3. The van der Waals surface area contributed by atoms with E-state index in [1.807, 2.05) is 0 Å². The topological polar surface area (TPSA) is 29.3 Å². The number of likely N-dealkylation sites (tertiary alicyclic amines) is 1. The van der Waals surface area contributed by atoms with Crippen LogP contribution in [0.2, 0.25) is 0 Å². The second kappa shape index (κ2) is 7.06. The van der Waals surface area contributed by atoms with Gasteiger partial charge in [-0.05, 0) is 49.4 Å². The fourth-order valence-electron chi connectivity index (χ4n) is 2.88. The molecule has 0 amide bonds. The van der Waals surface area contributed by atoms with E-state index in [1.165, 1.54) is 43.5 Å². The van der Waals surface area contributed by atoms with Gasteiger partial charge in [0.05, 0.1) is 0 Å². The maximum absolute atomic E-state index is 6.29. The summed E-state index contributed by atoms with van der Waals surface area (Å²) in [6.45, 7) is 7.99. The van der Waals surface area contributed by atoms with Crippen LogP contribution in [0, 0.1) is 0 Å². The normalized spacial score (nSPS) is 18.7. The summed E-state index contributed by atoms with van der Waals surface area (Å²) in [5, 5.41) is 0. The second-order valence-electron chi connectivity index (χ2n) is 6.22. The quantitative estimate of drug-likeness (QED) is 0.881. The Labute approximate surface area is 118 Å². The number of benzene rings is 1. The van der Waals surface area contributed by atoms with Crippen LogP contribution in [0.4, 0.5) is 0 Å². The third kappa shape index (κ3) is 4.63. The first-order chi connectivity index (χ1) is 9.15. The van der Waals surface area contributed by atoms with Gasteiger partial charge in [-0.3, -0.25) is 0 Å². The minimum absolute atomic E-state index is 0.267. The second-order valence-corrected chi connectivity index (χ2v) is 6.22. The molecule has 1 aromatic carbocycles. The van der Waals surface area contributed by atoms with Crippen molar-refractivity contribution in [2.45, 2.75) is 51.5 Å². The van der Waals surface area contributed by atoms with Crippen LogP contribution >= 0.6 is 0 Å². The lowest BCUT2D eigenvalue weighted by molar-refractivity contribution is 0.215. The molecule has 1 saturated heterocycles. The first-order valence-electron chi connectivity index (χ1n) is 7.72. The summed E-state index contributed by atoms with van der Waals surface area (Å²) in [7, 11) is 0. The molecule has 2 rings (SSSR count). The smallest absolute Gasteiger partial charge is 0.0208 e. The Morgan fingerprint density at radius 1 is 1.05 bits per heavy atom. The maximum Gasteiger partial charge on any atom is 0.0208 e. The van der Waals surface area contributed by atoms with E-state index in [2.05, 4.69) is 43.0 Å². The summed E-state index contributed by atoms with van der Waals surface area (Å²) in [5.41, 5.74) is 9.07. The molecule has 0 radical (unpaired) electrons. The molecule has 106 valence electrons. The van der Waals surface area contributed by atoms with Gasteiger partial charge < -0.3 is 10.6 Å². The molecule has 19 heavy (non-hydrogen) atoms. The van der Waals surface area contributed by atoms with Crippen LogP contribution in [0.25, 0.3) is 0 Å². The Balaban J connectivity index is 1.82. The lowest BCUT2D eigenvalue weighted by atomic mass is 9.99. The van der Waals surface area contributed by atoms with Gasteiger partial charge in [-0.15, -0.1) is 0 Å². The minimum atomic E-state index is 0.267. The Hall–Kier alpha value is -0.860. The van der Waals surface area contributed by atoms with Gasteiger partial charge in [-0.1, -0.05) is 44.5 Å². The predicted molar refractivity (Wildman–Crippen MR) is 82.5 cm³/mol. The largest absolute Gasteiger partial charge is 0.326 e. The highest BCUT2D eigenvalue weighted by molar-refractivity contribution is 5.25. The number of nitrogens with two attached hydrogens (primary N) is 1. The Morgan fingerprint density at radius 3 is 2.26 bits per heavy atom. The average molecular weight is 260 g/mol. The van der Waals surface area contributed by atoms with Crippen molar-refractivity contribution in [3.8, 4) is 0 Å². The minimum Gasteiger partial charge on any atom is -0.326 e. The first kappa shape index (κ1) is 14.5. The number of nitrogens with zero attached hydrogens (tertiary/aromatic N) is 1. The van der Waals surface area contributed by atoms with Gasteiger partial charge >= 0.3 is 0 Å². The van der Waals surface area contributed by atoms with Crippen molar-refractivity contribution >= 4 is 0 Å². The molecule has 1 aliphatic heterocycles. The zero-order chi connectivity index (χ0) is 13.7. The fraction of sp³-hybridized carbons (Fsp3) is 0.647. The van der Waals surface area contributed by atoms with E-state index >= 15 is 0 Å². The van der Waals surface area contributed by atoms with Gasteiger partial charge in [0.2, 0.25) is 0 Å². The number of piperidine rings is 1. The third-order valence-corrected chi connectivity index (χ3v) is 4.09. The maximum atomic E-state index is 6.29. The van der Waals surface area contributed by atoms with Crippen LogP contribution < -0.4 is 5.73 Å². The van der Waals surface area contributed by atoms with E-state index in [0.29, 0.717) is 5.92 Å². The molecule has 0 bridgehead atoms. The van der Waals surface area contributed by atoms with E-state index in [0.717, 1.165) is 13.0 Å². The summed E-state index contributed by atoms with van der Waals surface area (Å²) < 4.78 is 0. The van der Waals surface area contributed by atoms with E-state index in [1.54, 1.807) is 0 Å². The molecular weight excluding hydrogens is 232 g/mol. The van der Waals surface area contributed by atoms with E-state index < -0.39 is 0 Å². The molecule has 2 heteroatoms. The summed E-state index contributed by atoms with van der Waals surface area (Å²) in [6, 6.07) is 9.24. The molecule has 0 spiro atoms. The average Bonchev–Trinajstić information content (AvgIpc) is 2.40. The Morgan fingerprint density at radius 2 is 1.68 bits per heavy atom. The van der Waals surface area contributed by atoms with Crippen molar-refractivity contribution < 1.29 is 0 Å². The van der Waals surface area contributed by atoms with Crippen molar-refractivity contribution in [1.29, 1.82) is 0 Å². The third-order valence-electron chi connectivity index (χ3n) is 4.09. The SMILES string of the molecule is CC(C)c1ccc(CC(N)CN2CCCCC2)cc1. The highest BCUT2D eigenvalue weighted by Gasteiger charge is 2.14. The van der Waals surface area contributed by atoms with Crippen LogP contribution in [0.5, 0.6) is 0 Å². The van der Waals surface area contributed by atoms with E-state index in [9.17, 15) is 0 Å². The monoisotopic (exact) mass is 260 g/mol. The lowest BCUT2D eigenvalue weighted by Gasteiger charge is -2.29. The molecule has 0 aliphatic carbocycles. The van der Waals surface area contributed by atoms with Gasteiger partial charge in [0.15, 0.2) is 0 Å². The van der Waals surface area contributed by atoms with Crippen molar-refractivity contribution in [2.24, 2.45) is 5.73 Å². The zero-order valence-corrected chi connectivity index (χ0v) is 12.4. The van der Waals surface area contributed by atoms with Crippen LogP contribution in [-0.2, 0) is 6.42 Å². The summed E-state index contributed by atoms with van der Waals surface area (Å²) in [6.07, 6.45) is 5.07. The molecule has 2 N–H and O–H groups in total. The summed E-state index contributed by atoms with van der Waals surface area (Å²) in [5.74, 6) is 0.607. The highest BCUT2D eigenvalue weighted by Crippen LogP contribution is 2.16. The van der Waals surface area contributed by atoms with Crippen LogP contribution in [0.3, 0.4) is 0 Å². The van der Waals surface area contributed by atoms with Gasteiger partial charge in [0.1, 0.15) is 0 Å². The van der Waals surface area contributed by atoms with Crippen molar-refractivity contribution in [2.75, 3.05) is 19.6 Å². The number of rotatable bonds is 5. The summed E-state index contributed by atoms with van der Waals surface area (Å²) in [4.78, 5) is 2.52. The van der Waals surface area contributed by atoms with Crippen molar-refractivity contribution in [3.05, 3.63) is 35.4 Å². The highest BCUT2D eigenvalue weighted by atomic mass is 15.1. The van der Waals surface area contributed by atoms with Gasteiger partial charge in [-0.25, -0.2) is 0 Å². The van der Waals surface area contributed by atoms with E-state index in [-0.39, 0.29) is 6.04 Å². The number of hydrogen-bond acceptors (Lipinski definition) is 2. The zero-order valence-electron chi connectivity index (χ0n) is 12.4. The van der Waals surface area contributed by atoms with Crippen LogP contribution in [-0.4, -0.2) is 30.6 Å². The van der Waals surface area contributed by atoms with Gasteiger partial charge in [0.25, 0.3) is 0 Å². The summed E-state index contributed by atoms with van der Waals surface area (Å²) >= 11 is 0. The molecule has 1 aliphatic rings. The first-order valence-corrected chi connectivity index (χ1v) is 7.72. The van der Waals surface area contributed by atoms with Crippen molar-refractivity contribution in [1.82, 2.24) is 4.90 Å². The molecular formula is C17H28N2. The van der Waals surface area contributed by atoms with Gasteiger partial charge in [0, 0.05) is 12.6 Å². The lowest BCUT2D eigenvalue weighted by Crippen LogP contribution is -2.41. The Bertz CT molecular complexity index is 363. The van der Waals surface area contributed by atoms with Crippen molar-refractivity contribution in [3.63, 3.8) is 0 Å². The van der Waals surface area contributed by atoms with Crippen LogP contribution in [0.1, 0.15) is 50.2 Å². The molecule has 1 fully saturated rings. The number of hydrogen-bond donors (Lipinski definition) is 1. The Kier molecular flexibility index (Phi) is 5.41. The molecule has 0 saturated carbocycles. The van der Waals surface area contributed by atoms with Crippen LogP contribution in [0.15, 0.2) is 24.3 Å². The predicted octanol–water partition coefficient (Wildman–Crippen LogP) is 3.17. The molecule has 0 aromatic heterocycles. The molecule has 2 nitrogen and oxygen atoms in total. The molecule has 1 atom stereocenters. The molecule has 1 unspecified atom stereocenters. The van der Waals surface area contributed by atoms with Gasteiger partial charge in [-0.2, -0.15) is 0 Å².